The zero-order valence-electron chi connectivity index (χ0n) is 13.9. The Morgan fingerprint density at radius 1 is 1.28 bits per heavy atom. The van der Waals surface area contributed by atoms with Gasteiger partial charge in [0, 0.05) is 25.8 Å². The minimum atomic E-state index is -0.373. The molecule has 1 saturated heterocycles. The minimum Gasteiger partial charge on any atom is -0.369 e. The molecule has 0 spiro atoms. The molecule has 2 heterocycles. The molecular weight excluding hydrogens is 324 g/mol. The monoisotopic (exact) mass is 344 g/mol. The summed E-state index contributed by atoms with van der Waals surface area (Å²) >= 11 is 0. The summed E-state index contributed by atoms with van der Waals surface area (Å²) in [5.41, 5.74) is 6.29. The van der Waals surface area contributed by atoms with Gasteiger partial charge in [0.15, 0.2) is 0 Å². The second-order valence-electron chi connectivity index (χ2n) is 6.10. The maximum atomic E-state index is 12.3. The number of anilines is 1. The molecule has 1 aliphatic heterocycles. The van der Waals surface area contributed by atoms with Crippen LogP contribution in [0.15, 0.2) is 35.4 Å². The molecule has 1 aliphatic rings. The van der Waals surface area contributed by atoms with E-state index in [4.69, 9.17) is 5.73 Å². The molecule has 0 bridgehead atoms. The fraction of sp³-hybridized carbons (Fsp3) is 0.375. The lowest BCUT2D eigenvalue weighted by Crippen LogP contribution is -2.45. The number of carbonyl (C=O) groups is 2. The van der Waals surface area contributed by atoms with E-state index < -0.39 is 0 Å². The van der Waals surface area contributed by atoms with Gasteiger partial charge in [-0.05, 0) is 37.1 Å². The van der Waals surface area contributed by atoms with Crippen LogP contribution in [0.1, 0.15) is 12.8 Å². The molecule has 9 heteroatoms. The number of likely N-dealkylation sites (tertiary alicyclic amines) is 1. The summed E-state index contributed by atoms with van der Waals surface area (Å²) in [6, 6.07) is 6.53. The topological polar surface area (TPSA) is 115 Å². The van der Waals surface area contributed by atoms with Gasteiger partial charge in [-0.2, -0.15) is 9.78 Å². The first-order chi connectivity index (χ1) is 12.0. The van der Waals surface area contributed by atoms with Gasteiger partial charge in [0.1, 0.15) is 6.33 Å². The van der Waals surface area contributed by atoms with Gasteiger partial charge in [-0.25, -0.2) is 9.59 Å². The Morgan fingerprint density at radius 3 is 2.60 bits per heavy atom. The van der Waals surface area contributed by atoms with Crippen molar-refractivity contribution < 1.29 is 9.59 Å². The van der Waals surface area contributed by atoms with Gasteiger partial charge >= 0.3 is 11.7 Å². The summed E-state index contributed by atoms with van der Waals surface area (Å²) in [7, 11) is 1.62. The summed E-state index contributed by atoms with van der Waals surface area (Å²) in [5.74, 6) is -0.666. The highest BCUT2D eigenvalue weighted by atomic mass is 16.2. The van der Waals surface area contributed by atoms with Crippen molar-refractivity contribution in [3.8, 4) is 5.69 Å². The van der Waals surface area contributed by atoms with E-state index in [2.05, 4.69) is 10.4 Å². The van der Waals surface area contributed by atoms with E-state index in [1.807, 2.05) is 0 Å². The van der Waals surface area contributed by atoms with Crippen molar-refractivity contribution in [1.82, 2.24) is 19.2 Å². The quantitative estimate of drug-likeness (QED) is 0.833. The van der Waals surface area contributed by atoms with Gasteiger partial charge in [0.05, 0.1) is 11.6 Å². The molecule has 1 aromatic carbocycles. The third kappa shape index (κ3) is 3.54. The third-order valence-corrected chi connectivity index (χ3v) is 4.30. The number of nitrogens with zero attached hydrogens (tertiary/aromatic N) is 4. The van der Waals surface area contributed by atoms with E-state index in [0.29, 0.717) is 30.9 Å². The molecule has 1 fully saturated rings. The number of aryl methyl sites for hydroxylation is 1. The number of piperidine rings is 1. The van der Waals surface area contributed by atoms with Crippen LogP contribution in [0.2, 0.25) is 0 Å². The van der Waals surface area contributed by atoms with Gasteiger partial charge in [-0.15, -0.1) is 0 Å². The fourth-order valence-electron chi connectivity index (χ4n) is 2.84. The predicted molar refractivity (Wildman–Crippen MR) is 91.3 cm³/mol. The number of hydrogen-bond acceptors (Lipinski definition) is 4. The summed E-state index contributed by atoms with van der Waals surface area (Å²) < 4.78 is 2.65. The van der Waals surface area contributed by atoms with Gasteiger partial charge < -0.3 is 16.0 Å². The van der Waals surface area contributed by atoms with Crippen LogP contribution < -0.4 is 16.7 Å². The molecule has 2 aromatic rings. The van der Waals surface area contributed by atoms with E-state index >= 15 is 0 Å². The van der Waals surface area contributed by atoms with Crippen LogP contribution in [0.4, 0.5) is 10.5 Å². The van der Waals surface area contributed by atoms with Gasteiger partial charge in [-0.3, -0.25) is 9.36 Å². The van der Waals surface area contributed by atoms with E-state index in [0.717, 1.165) is 6.42 Å². The molecule has 1 aromatic heterocycles. The molecule has 0 radical (unpaired) electrons. The zero-order chi connectivity index (χ0) is 18.0. The normalized spacial score (nSPS) is 17.3. The van der Waals surface area contributed by atoms with E-state index in [1.165, 1.54) is 15.6 Å². The van der Waals surface area contributed by atoms with Crippen LogP contribution in [-0.2, 0) is 11.8 Å². The van der Waals surface area contributed by atoms with Crippen molar-refractivity contribution in [3.63, 3.8) is 0 Å². The zero-order valence-corrected chi connectivity index (χ0v) is 13.9. The average molecular weight is 344 g/mol. The number of nitrogens with two attached hydrogens (primary N) is 1. The second-order valence-corrected chi connectivity index (χ2v) is 6.10. The van der Waals surface area contributed by atoms with Gasteiger partial charge in [-0.1, -0.05) is 0 Å². The highest BCUT2D eigenvalue weighted by molar-refractivity contribution is 5.90. The number of primary amides is 1. The fourth-order valence-corrected chi connectivity index (χ4v) is 2.84. The smallest absolute Gasteiger partial charge is 0.350 e. The van der Waals surface area contributed by atoms with Crippen molar-refractivity contribution in [2.45, 2.75) is 12.8 Å². The summed E-state index contributed by atoms with van der Waals surface area (Å²) in [6.45, 7) is 0.930. The number of aromatic nitrogens is 3. The number of benzene rings is 1. The van der Waals surface area contributed by atoms with Crippen LogP contribution in [0.25, 0.3) is 5.69 Å². The third-order valence-electron chi connectivity index (χ3n) is 4.30. The predicted octanol–water partition coefficient (Wildman–Crippen LogP) is 0.300. The maximum Gasteiger partial charge on any atom is 0.350 e. The SMILES string of the molecule is Cn1cnn(-c2ccc(NC(=O)N3CCC[C@@H](C(N)=O)C3)cc2)c1=O. The molecule has 3 amide bonds. The first-order valence-corrected chi connectivity index (χ1v) is 8.02. The van der Waals surface area contributed by atoms with Gasteiger partial charge in [0.2, 0.25) is 5.91 Å². The van der Waals surface area contributed by atoms with E-state index in [-0.39, 0.29) is 23.5 Å². The average Bonchev–Trinajstić information content (AvgIpc) is 2.95. The van der Waals surface area contributed by atoms with Crippen molar-refractivity contribution in [2.24, 2.45) is 18.7 Å². The molecule has 1 atom stereocenters. The summed E-state index contributed by atoms with van der Waals surface area (Å²) in [5, 5.41) is 6.79. The van der Waals surface area contributed by atoms with E-state index in [9.17, 15) is 14.4 Å². The molecule has 0 saturated carbocycles. The lowest BCUT2D eigenvalue weighted by Gasteiger charge is -2.31. The van der Waals surface area contributed by atoms with Crippen LogP contribution in [-0.4, -0.2) is 44.3 Å². The molecule has 0 unspecified atom stereocenters. The Balaban J connectivity index is 1.67. The molecule has 3 rings (SSSR count). The summed E-state index contributed by atoms with van der Waals surface area (Å²) in [4.78, 5) is 37.1. The Kier molecular flexibility index (Phi) is 4.55. The van der Waals surface area contributed by atoms with Gasteiger partial charge in [0.25, 0.3) is 0 Å². The lowest BCUT2D eigenvalue weighted by molar-refractivity contribution is -0.123. The molecule has 132 valence electrons. The van der Waals surface area contributed by atoms with Crippen molar-refractivity contribution in [1.29, 1.82) is 0 Å². The number of urea groups is 1. The highest BCUT2D eigenvalue weighted by Crippen LogP contribution is 2.18. The van der Waals surface area contributed by atoms with Crippen LogP contribution >= 0.6 is 0 Å². The number of hydrogen-bond donors (Lipinski definition) is 2. The second kappa shape index (κ2) is 6.80. The number of carbonyl (C=O) groups excluding carboxylic acids is 2. The molecule has 3 N–H and O–H groups in total. The highest BCUT2D eigenvalue weighted by Gasteiger charge is 2.26. The first kappa shape index (κ1) is 16.7. The Morgan fingerprint density at radius 2 is 2.00 bits per heavy atom. The number of rotatable bonds is 3. The van der Waals surface area contributed by atoms with Crippen molar-refractivity contribution in [2.75, 3.05) is 18.4 Å². The lowest BCUT2D eigenvalue weighted by atomic mass is 9.98. The number of nitrogens with one attached hydrogen (secondary N) is 1. The molecular formula is C16H20N6O3. The minimum absolute atomic E-state index is 0.248. The largest absolute Gasteiger partial charge is 0.369 e. The first-order valence-electron chi connectivity index (χ1n) is 8.02. The Hall–Kier alpha value is -3.10. The standard InChI is InChI=1S/C16H20N6O3/c1-20-10-18-22(16(20)25)13-6-4-12(5-7-13)19-15(24)21-8-2-3-11(9-21)14(17)23/h4-7,10-11H,2-3,8-9H2,1H3,(H2,17,23)(H,19,24)/t11-/m1/s1. The number of amides is 3. The van der Waals surface area contributed by atoms with Crippen molar-refractivity contribution in [3.05, 3.63) is 41.1 Å². The molecule has 9 nitrogen and oxygen atoms in total. The van der Waals surface area contributed by atoms with Crippen LogP contribution in [0.5, 0.6) is 0 Å². The van der Waals surface area contributed by atoms with Crippen LogP contribution in [0, 0.1) is 5.92 Å². The summed E-state index contributed by atoms with van der Waals surface area (Å²) in [6.07, 6.45) is 2.90. The maximum absolute atomic E-state index is 12.3. The molecule has 25 heavy (non-hydrogen) atoms. The Bertz CT molecular complexity index is 838. The Labute approximate surface area is 144 Å². The molecule has 0 aliphatic carbocycles. The van der Waals surface area contributed by atoms with Crippen molar-refractivity contribution >= 4 is 17.6 Å². The van der Waals surface area contributed by atoms with Crippen LogP contribution in [0.3, 0.4) is 0 Å². The van der Waals surface area contributed by atoms with E-state index in [1.54, 1.807) is 36.2 Å².